The molecule has 1 heteroatoms. The van der Waals surface area contributed by atoms with Crippen molar-refractivity contribution in [2.75, 3.05) is 13.6 Å². The van der Waals surface area contributed by atoms with Crippen molar-refractivity contribution < 1.29 is 0 Å². The Morgan fingerprint density at radius 2 is 1.44 bits per heavy atom. The van der Waals surface area contributed by atoms with Crippen LogP contribution < -0.4 is 5.32 Å². The Labute approximate surface area is 102 Å². The molecule has 0 aromatic heterocycles. The first-order chi connectivity index (χ1) is 7.83. The largest absolute Gasteiger partial charge is 0.319 e. The van der Waals surface area contributed by atoms with Crippen molar-refractivity contribution in [1.29, 1.82) is 0 Å². The smallest absolute Gasteiger partial charge is 0.000481 e. The molecule has 1 rings (SSSR count). The van der Waals surface area contributed by atoms with Crippen LogP contribution in [-0.4, -0.2) is 13.6 Å². The Kier molecular flexibility index (Phi) is 7.11. The van der Waals surface area contributed by atoms with Gasteiger partial charge in [0.25, 0.3) is 0 Å². The average molecular weight is 225 g/mol. The SMILES string of the molecule is CCCCCCCCCCC1(CNC)CC1. The van der Waals surface area contributed by atoms with Crippen molar-refractivity contribution in [3.8, 4) is 0 Å². The molecule has 1 nitrogen and oxygen atoms in total. The number of unbranched alkanes of at least 4 members (excludes halogenated alkanes) is 7. The number of hydrogen-bond donors (Lipinski definition) is 1. The van der Waals surface area contributed by atoms with Gasteiger partial charge < -0.3 is 5.32 Å². The van der Waals surface area contributed by atoms with Gasteiger partial charge >= 0.3 is 0 Å². The van der Waals surface area contributed by atoms with Crippen LogP contribution in [0.4, 0.5) is 0 Å². The third-order valence-corrected chi connectivity index (χ3v) is 4.07. The minimum atomic E-state index is 0.733. The summed E-state index contributed by atoms with van der Waals surface area (Å²) < 4.78 is 0. The molecular weight excluding hydrogens is 194 g/mol. The fraction of sp³-hybridized carbons (Fsp3) is 1.00. The van der Waals surface area contributed by atoms with E-state index in [1.807, 2.05) is 0 Å². The van der Waals surface area contributed by atoms with Crippen LogP contribution in [0.1, 0.15) is 77.6 Å². The Hall–Kier alpha value is -0.0400. The highest BCUT2D eigenvalue weighted by Crippen LogP contribution is 2.49. The molecule has 0 atom stereocenters. The van der Waals surface area contributed by atoms with Crippen LogP contribution in [0.5, 0.6) is 0 Å². The molecule has 0 saturated heterocycles. The molecule has 96 valence electrons. The maximum Gasteiger partial charge on any atom is 0.000481 e. The van der Waals surface area contributed by atoms with E-state index in [0.717, 1.165) is 5.41 Å². The summed E-state index contributed by atoms with van der Waals surface area (Å²) in [6.45, 7) is 3.54. The highest BCUT2D eigenvalue weighted by atomic mass is 14.8. The molecule has 0 unspecified atom stereocenters. The van der Waals surface area contributed by atoms with Gasteiger partial charge in [-0.05, 0) is 31.7 Å². The van der Waals surface area contributed by atoms with Gasteiger partial charge in [0, 0.05) is 6.54 Å². The summed E-state index contributed by atoms with van der Waals surface area (Å²) in [5, 5.41) is 3.35. The van der Waals surface area contributed by atoms with Gasteiger partial charge in [0.1, 0.15) is 0 Å². The molecule has 1 N–H and O–H groups in total. The van der Waals surface area contributed by atoms with Crippen molar-refractivity contribution in [3.63, 3.8) is 0 Å². The van der Waals surface area contributed by atoms with E-state index in [2.05, 4.69) is 19.3 Å². The first-order valence-corrected chi connectivity index (χ1v) is 7.47. The molecular formula is C15H31N. The van der Waals surface area contributed by atoms with E-state index in [9.17, 15) is 0 Å². The van der Waals surface area contributed by atoms with Gasteiger partial charge in [0.2, 0.25) is 0 Å². The van der Waals surface area contributed by atoms with E-state index in [4.69, 9.17) is 0 Å². The zero-order valence-corrected chi connectivity index (χ0v) is 11.5. The van der Waals surface area contributed by atoms with Gasteiger partial charge in [-0.1, -0.05) is 58.3 Å². The Morgan fingerprint density at radius 3 is 1.94 bits per heavy atom. The molecule has 0 heterocycles. The first-order valence-electron chi connectivity index (χ1n) is 7.47. The predicted molar refractivity (Wildman–Crippen MR) is 72.8 cm³/mol. The second kappa shape index (κ2) is 8.11. The van der Waals surface area contributed by atoms with Gasteiger partial charge in [-0.2, -0.15) is 0 Å². The second-order valence-electron chi connectivity index (χ2n) is 5.76. The second-order valence-corrected chi connectivity index (χ2v) is 5.76. The van der Waals surface area contributed by atoms with Crippen LogP contribution in [0, 0.1) is 5.41 Å². The molecule has 0 amide bonds. The van der Waals surface area contributed by atoms with Crippen molar-refractivity contribution >= 4 is 0 Å². The molecule has 16 heavy (non-hydrogen) atoms. The van der Waals surface area contributed by atoms with Gasteiger partial charge in [0.05, 0.1) is 0 Å². The number of nitrogens with one attached hydrogen (secondary N) is 1. The third-order valence-electron chi connectivity index (χ3n) is 4.07. The van der Waals surface area contributed by atoms with Gasteiger partial charge in [-0.15, -0.1) is 0 Å². The van der Waals surface area contributed by atoms with E-state index < -0.39 is 0 Å². The van der Waals surface area contributed by atoms with Crippen LogP contribution >= 0.6 is 0 Å². The topological polar surface area (TPSA) is 12.0 Å². The Balaban J connectivity index is 1.81. The van der Waals surface area contributed by atoms with Gasteiger partial charge in [-0.3, -0.25) is 0 Å². The zero-order valence-electron chi connectivity index (χ0n) is 11.5. The quantitative estimate of drug-likeness (QED) is 0.510. The summed E-state index contributed by atoms with van der Waals surface area (Å²) in [5.41, 5.74) is 0.733. The van der Waals surface area contributed by atoms with E-state index >= 15 is 0 Å². The van der Waals surface area contributed by atoms with Crippen LogP contribution in [0.25, 0.3) is 0 Å². The lowest BCUT2D eigenvalue weighted by Crippen LogP contribution is -2.19. The molecule has 0 radical (unpaired) electrons. The molecule has 1 aliphatic carbocycles. The summed E-state index contributed by atoms with van der Waals surface area (Å²) in [7, 11) is 2.09. The van der Waals surface area contributed by atoms with Gasteiger partial charge in [0.15, 0.2) is 0 Å². The molecule has 1 saturated carbocycles. The maximum absolute atomic E-state index is 3.35. The minimum Gasteiger partial charge on any atom is -0.319 e. The zero-order chi connectivity index (χ0) is 11.7. The summed E-state index contributed by atoms with van der Waals surface area (Å²) >= 11 is 0. The molecule has 0 aromatic rings. The highest BCUT2D eigenvalue weighted by Gasteiger charge is 2.40. The fourth-order valence-corrected chi connectivity index (χ4v) is 2.70. The van der Waals surface area contributed by atoms with Crippen LogP contribution in [0.3, 0.4) is 0 Å². The summed E-state index contributed by atoms with van der Waals surface area (Å²) in [5.74, 6) is 0. The van der Waals surface area contributed by atoms with E-state index in [-0.39, 0.29) is 0 Å². The predicted octanol–water partition coefficient (Wildman–Crippen LogP) is 4.52. The molecule has 0 aromatic carbocycles. The molecule has 0 bridgehead atoms. The van der Waals surface area contributed by atoms with E-state index in [0.29, 0.717) is 0 Å². The lowest BCUT2D eigenvalue weighted by molar-refractivity contribution is 0.415. The molecule has 1 aliphatic rings. The lowest BCUT2D eigenvalue weighted by atomic mass is 9.97. The van der Waals surface area contributed by atoms with Crippen molar-refractivity contribution in [1.82, 2.24) is 5.32 Å². The van der Waals surface area contributed by atoms with Crippen molar-refractivity contribution in [3.05, 3.63) is 0 Å². The average Bonchev–Trinajstić information content (AvgIpc) is 3.03. The summed E-state index contributed by atoms with van der Waals surface area (Å²) in [6.07, 6.45) is 16.0. The summed E-state index contributed by atoms with van der Waals surface area (Å²) in [4.78, 5) is 0. The number of rotatable bonds is 11. The standard InChI is InChI=1S/C15H31N/c1-3-4-5-6-7-8-9-10-11-15(12-13-15)14-16-2/h16H,3-14H2,1-2H3. The monoisotopic (exact) mass is 225 g/mol. The van der Waals surface area contributed by atoms with E-state index in [1.165, 1.54) is 77.2 Å². The molecule has 0 aliphatic heterocycles. The van der Waals surface area contributed by atoms with Crippen LogP contribution in [0.2, 0.25) is 0 Å². The molecule has 0 spiro atoms. The number of hydrogen-bond acceptors (Lipinski definition) is 1. The summed E-state index contributed by atoms with van der Waals surface area (Å²) in [6, 6.07) is 0. The fourth-order valence-electron chi connectivity index (χ4n) is 2.70. The Morgan fingerprint density at radius 1 is 0.875 bits per heavy atom. The van der Waals surface area contributed by atoms with Crippen LogP contribution in [0.15, 0.2) is 0 Å². The minimum absolute atomic E-state index is 0.733. The highest BCUT2D eigenvalue weighted by molar-refractivity contribution is 4.94. The van der Waals surface area contributed by atoms with Crippen molar-refractivity contribution in [2.24, 2.45) is 5.41 Å². The normalized spacial score (nSPS) is 17.6. The van der Waals surface area contributed by atoms with E-state index in [1.54, 1.807) is 0 Å². The lowest BCUT2D eigenvalue weighted by Gasteiger charge is -2.13. The molecule has 1 fully saturated rings. The Bertz CT molecular complexity index is 161. The first kappa shape index (κ1) is 14.0. The van der Waals surface area contributed by atoms with Crippen molar-refractivity contribution in [2.45, 2.75) is 77.6 Å². The third kappa shape index (κ3) is 5.89. The maximum atomic E-state index is 3.35. The van der Waals surface area contributed by atoms with Gasteiger partial charge in [-0.25, -0.2) is 0 Å². The van der Waals surface area contributed by atoms with Crippen LogP contribution in [-0.2, 0) is 0 Å².